The molecule has 1 fully saturated rings. The van der Waals surface area contributed by atoms with Crippen LogP contribution in [0.25, 0.3) is 0 Å². The first-order valence-electron chi connectivity index (χ1n) is 7.42. The van der Waals surface area contributed by atoms with Crippen molar-refractivity contribution in [2.45, 2.75) is 39.3 Å². The fraction of sp³-hybridized carbons (Fsp3) is 0.688. The number of rotatable bonds is 5. The highest BCUT2D eigenvalue weighted by Crippen LogP contribution is 2.25. The van der Waals surface area contributed by atoms with E-state index in [2.05, 4.69) is 42.0 Å². The highest BCUT2D eigenvalue weighted by Gasteiger charge is 2.25. The van der Waals surface area contributed by atoms with Gasteiger partial charge in [0, 0.05) is 50.0 Å². The first-order chi connectivity index (χ1) is 9.49. The number of ether oxygens (including phenoxy) is 1. The summed E-state index contributed by atoms with van der Waals surface area (Å²) in [5, 5.41) is 3.55. The van der Waals surface area contributed by atoms with Crippen LogP contribution in [-0.4, -0.2) is 37.3 Å². The molecule has 1 aromatic heterocycles. The van der Waals surface area contributed by atoms with Gasteiger partial charge in [0.05, 0.1) is 6.61 Å². The number of nitrogens with zero attached hydrogens (tertiary/aromatic N) is 2. The molecule has 1 N–H and O–H groups in total. The van der Waals surface area contributed by atoms with E-state index in [0.717, 1.165) is 32.1 Å². The fourth-order valence-corrected chi connectivity index (χ4v) is 2.61. The first kappa shape index (κ1) is 15.3. The second-order valence-corrected chi connectivity index (χ2v) is 6.65. The minimum atomic E-state index is 0.122. The van der Waals surface area contributed by atoms with E-state index in [4.69, 9.17) is 4.74 Å². The maximum atomic E-state index is 5.27. The molecule has 0 bridgehead atoms. The van der Waals surface area contributed by atoms with Crippen molar-refractivity contribution in [2.24, 2.45) is 5.92 Å². The van der Waals surface area contributed by atoms with Gasteiger partial charge in [-0.15, -0.1) is 0 Å². The molecule has 0 spiro atoms. The number of pyridine rings is 1. The van der Waals surface area contributed by atoms with Gasteiger partial charge in [0.1, 0.15) is 5.82 Å². The highest BCUT2D eigenvalue weighted by molar-refractivity contribution is 5.47. The van der Waals surface area contributed by atoms with Crippen molar-refractivity contribution in [3.05, 3.63) is 23.9 Å². The predicted octanol–water partition coefficient (Wildman–Crippen LogP) is 2.44. The molecule has 20 heavy (non-hydrogen) atoms. The summed E-state index contributed by atoms with van der Waals surface area (Å²) in [7, 11) is 1.78. The molecule has 0 amide bonds. The molecule has 1 aromatic rings. The van der Waals surface area contributed by atoms with Crippen molar-refractivity contribution < 1.29 is 4.74 Å². The minimum absolute atomic E-state index is 0.122. The van der Waals surface area contributed by atoms with Crippen molar-refractivity contribution in [2.75, 3.05) is 31.7 Å². The predicted molar refractivity (Wildman–Crippen MR) is 83.0 cm³/mol. The first-order valence-corrected chi connectivity index (χ1v) is 7.42. The van der Waals surface area contributed by atoms with Crippen LogP contribution in [0, 0.1) is 5.92 Å². The van der Waals surface area contributed by atoms with Crippen LogP contribution in [0.1, 0.15) is 32.8 Å². The zero-order valence-electron chi connectivity index (χ0n) is 13.1. The quantitative estimate of drug-likeness (QED) is 0.897. The van der Waals surface area contributed by atoms with E-state index in [-0.39, 0.29) is 5.54 Å². The summed E-state index contributed by atoms with van der Waals surface area (Å²) >= 11 is 0. The average molecular weight is 277 g/mol. The van der Waals surface area contributed by atoms with Gasteiger partial charge in [0.2, 0.25) is 0 Å². The summed E-state index contributed by atoms with van der Waals surface area (Å²) < 4.78 is 5.27. The number of hydrogen-bond acceptors (Lipinski definition) is 4. The van der Waals surface area contributed by atoms with Crippen LogP contribution in [0.5, 0.6) is 0 Å². The number of aromatic nitrogens is 1. The smallest absolute Gasteiger partial charge is 0.133 e. The number of hydrogen-bond donors (Lipinski definition) is 1. The molecule has 0 radical (unpaired) electrons. The van der Waals surface area contributed by atoms with Crippen LogP contribution >= 0.6 is 0 Å². The molecule has 1 atom stereocenters. The van der Waals surface area contributed by atoms with Crippen molar-refractivity contribution >= 4 is 5.82 Å². The summed E-state index contributed by atoms with van der Waals surface area (Å²) in [5.41, 5.74) is 1.40. The lowest BCUT2D eigenvalue weighted by molar-refractivity contribution is 0.161. The highest BCUT2D eigenvalue weighted by atomic mass is 16.5. The molecule has 2 heterocycles. The molecular weight excluding hydrogens is 250 g/mol. The van der Waals surface area contributed by atoms with Crippen molar-refractivity contribution in [3.63, 3.8) is 0 Å². The van der Waals surface area contributed by atoms with Gasteiger partial charge in [-0.2, -0.15) is 0 Å². The number of anilines is 1. The van der Waals surface area contributed by atoms with Crippen molar-refractivity contribution in [3.8, 4) is 0 Å². The summed E-state index contributed by atoms with van der Waals surface area (Å²) in [4.78, 5) is 6.99. The van der Waals surface area contributed by atoms with E-state index in [0.29, 0.717) is 5.92 Å². The molecule has 0 aliphatic carbocycles. The second-order valence-electron chi connectivity index (χ2n) is 6.65. The van der Waals surface area contributed by atoms with E-state index in [1.807, 2.05) is 12.3 Å². The van der Waals surface area contributed by atoms with Crippen molar-refractivity contribution in [1.82, 2.24) is 10.3 Å². The zero-order valence-corrected chi connectivity index (χ0v) is 13.1. The molecule has 4 nitrogen and oxygen atoms in total. The van der Waals surface area contributed by atoms with E-state index < -0.39 is 0 Å². The Labute approximate surface area is 122 Å². The van der Waals surface area contributed by atoms with Gasteiger partial charge in [0.25, 0.3) is 0 Å². The molecule has 1 saturated heterocycles. The molecule has 0 aromatic carbocycles. The van der Waals surface area contributed by atoms with Crippen LogP contribution in [0.4, 0.5) is 5.82 Å². The Morgan fingerprint density at radius 3 is 2.95 bits per heavy atom. The van der Waals surface area contributed by atoms with Crippen LogP contribution in [0.15, 0.2) is 18.3 Å². The Bertz CT molecular complexity index is 428. The van der Waals surface area contributed by atoms with Gasteiger partial charge >= 0.3 is 0 Å². The van der Waals surface area contributed by atoms with E-state index in [1.165, 1.54) is 12.0 Å². The average Bonchev–Trinajstić information content (AvgIpc) is 2.85. The molecular formula is C16H27N3O. The summed E-state index contributed by atoms with van der Waals surface area (Å²) in [5.74, 6) is 1.76. The Morgan fingerprint density at radius 2 is 2.25 bits per heavy atom. The molecule has 4 heteroatoms. The van der Waals surface area contributed by atoms with Crippen molar-refractivity contribution in [1.29, 1.82) is 0 Å². The van der Waals surface area contributed by atoms with Crippen LogP contribution in [0.2, 0.25) is 0 Å². The van der Waals surface area contributed by atoms with Gasteiger partial charge < -0.3 is 15.0 Å². The third-order valence-corrected chi connectivity index (χ3v) is 3.66. The number of nitrogens with one attached hydrogen (secondary N) is 1. The third kappa shape index (κ3) is 4.18. The Hall–Kier alpha value is -1.13. The van der Waals surface area contributed by atoms with Crippen LogP contribution in [-0.2, 0) is 11.3 Å². The molecule has 1 aliphatic rings. The second kappa shape index (κ2) is 6.55. The minimum Gasteiger partial charge on any atom is -0.384 e. The topological polar surface area (TPSA) is 37.4 Å². The van der Waals surface area contributed by atoms with Gasteiger partial charge in [-0.3, -0.25) is 0 Å². The number of methoxy groups -OCH3 is 1. The third-order valence-electron chi connectivity index (χ3n) is 3.66. The standard InChI is InChI=1S/C16H27N3O/c1-16(2,3)18-10-14-6-5-8-17-15(14)19-9-7-13(11-19)12-20-4/h5-6,8,13,18H,7,9-12H2,1-4H3. The van der Waals surface area contributed by atoms with E-state index in [1.54, 1.807) is 7.11 Å². The molecule has 0 saturated carbocycles. The lowest BCUT2D eigenvalue weighted by atomic mass is 10.1. The Balaban J connectivity index is 2.04. The van der Waals surface area contributed by atoms with Gasteiger partial charge in [-0.25, -0.2) is 4.98 Å². The fourth-order valence-electron chi connectivity index (χ4n) is 2.61. The van der Waals surface area contributed by atoms with E-state index in [9.17, 15) is 0 Å². The molecule has 112 valence electrons. The maximum absolute atomic E-state index is 5.27. The van der Waals surface area contributed by atoms with Crippen LogP contribution < -0.4 is 10.2 Å². The summed E-state index contributed by atoms with van der Waals surface area (Å²) in [6, 6.07) is 4.19. The lowest BCUT2D eigenvalue weighted by Crippen LogP contribution is -2.35. The van der Waals surface area contributed by atoms with Gasteiger partial charge in [-0.05, 0) is 33.3 Å². The molecule has 2 rings (SSSR count). The molecule has 1 unspecified atom stereocenters. The SMILES string of the molecule is COCC1CCN(c2ncccc2CNC(C)(C)C)C1. The lowest BCUT2D eigenvalue weighted by Gasteiger charge is -2.24. The van der Waals surface area contributed by atoms with Gasteiger partial charge in [0.15, 0.2) is 0 Å². The monoisotopic (exact) mass is 277 g/mol. The largest absolute Gasteiger partial charge is 0.384 e. The zero-order chi connectivity index (χ0) is 14.6. The molecule has 1 aliphatic heterocycles. The Morgan fingerprint density at radius 1 is 1.45 bits per heavy atom. The summed E-state index contributed by atoms with van der Waals surface area (Å²) in [6.45, 7) is 10.4. The van der Waals surface area contributed by atoms with Gasteiger partial charge in [-0.1, -0.05) is 6.07 Å². The summed E-state index contributed by atoms with van der Waals surface area (Å²) in [6.07, 6.45) is 3.08. The van der Waals surface area contributed by atoms with Crippen LogP contribution in [0.3, 0.4) is 0 Å². The van der Waals surface area contributed by atoms with E-state index >= 15 is 0 Å². The maximum Gasteiger partial charge on any atom is 0.133 e. The normalized spacial score (nSPS) is 19.6. The Kier molecular flexibility index (Phi) is 5.00.